The van der Waals surface area contributed by atoms with Crippen molar-refractivity contribution in [3.05, 3.63) is 118 Å². The van der Waals surface area contributed by atoms with Crippen LogP contribution in [-0.2, 0) is 11.2 Å². The third-order valence-electron chi connectivity index (χ3n) is 6.23. The fraction of sp³-hybridized carbons (Fsp3) is 0.0968. The monoisotopic (exact) mass is 571 g/mol. The Bertz CT molecular complexity index is 1540. The van der Waals surface area contributed by atoms with E-state index in [9.17, 15) is 4.55 Å². The van der Waals surface area contributed by atoms with E-state index in [1.165, 1.54) is 20.5 Å². The Hall–Kier alpha value is -2.83. The Labute approximate surface area is 228 Å². The third-order valence-corrected chi connectivity index (χ3v) is 8.80. The molecule has 1 aromatic heterocycles. The van der Waals surface area contributed by atoms with Gasteiger partial charge in [0.15, 0.2) is 4.90 Å². The van der Waals surface area contributed by atoms with Gasteiger partial charge in [0.1, 0.15) is 6.26 Å². The molecule has 1 unspecified atom stereocenters. The van der Waals surface area contributed by atoms with E-state index in [0.29, 0.717) is 0 Å². The Balaban J connectivity index is 1.59. The highest BCUT2D eigenvalue weighted by molar-refractivity contribution is 9.10. The van der Waals surface area contributed by atoms with Crippen molar-refractivity contribution in [2.24, 2.45) is 0 Å². The fourth-order valence-electron chi connectivity index (χ4n) is 4.54. The first-order valence-electron chi connectivity index (χ1n) is 11.7. The van der Waals surface area contributed by atoms with Gasteiger partial charge < -0.3 is 9.45 Å². The summed E-state index contributed by atoms with van der Waals surface area (Å²) in [6.07, 6.45) is 4.02. The highest BCUT2D eigenvalue weighted by Crippen LogP contribution is 2.37. The molecule has 2 nitrogen and oxygen atoms in total. The van der Waals surface area contributed by atoms with Crippen LogP contribution in [0.3, 0.4) is 0 Å². The van der Waals surface area contributed by atoms with Crippen LogP contribution < -0.4 is 4.90 Å². The molecule has 5 heteroatoms. The molecule has 5 aromatic rings. The van der Waals surface area contributed by atoms with Crippen molar-refractivity contribution in [3.8, 4) is 11.1 Å². The maximum Gasteiger partial charge on any atom is 0.160 e. The lowest BCUT2D eigenvalue weighted by Gasteiger charge is -2.26. The van der Waals surface area contributed by atoms with Crippen LogP contribution in [0.15, 0.2) is 112 Å². The van der Waals surface area contributed by atoms with Gasteiger partial charge in [0.2, 0.25) is 0 Å². The number of halogens is 1. The molecule has 4 aromatic carbocycles. The van der Waals surface area contributed by atoms with Crippen molar-refractivity contribution < 1.29 is 4.55 Å². The predicted octanol–water partition coefficient (Wildman–Crippen LogP) is 9.58. The zero-order chi connectivity index (χ0) is 25.2. The third kappa shape index (κ3) is 5.02. The minimum absolute atomic E-state index is 0.835. The van der Waals surface area contributed by atoms with Crippen molar-refractivity contribution in [1.29, 1.82) is 0 Å². The van der Waals surface area contributed by atoms with Gasteiger partial charge in [-0.25, -0.2) is 0 Å². The molecule has 0 bridgehead atoms. The average molecular weight is 573 g/mol. The van der Waals surface area contributed by atoms with Gasteiger partial charge in [-0.05, 0) is 90.8 Å². The number of hydrogen-bond donors (Lipinski definition) is 0. The lowest BCUT2D eigenvalue weighted by Crippen LogP contribution is -2.14. The predicted molar refractivity (Wildman–Crippen MR) is 161 cm³/mol. The van der Waals surface area contributed by atoms with Crippen LogP contribution in [0.25, 0.3) is 27.3 Å². The Morgan fingerprint density at radius 2 is 1.56 bits per heavy atom. The quantitative estimate of drug-likeness (QED) is 0.189. The van der Waals surface area contributed by atoms with E-state index in [1.807, 2.05) is 35.6 Å². The molecule has 0 aliphatic rings. The van der Waals surface area contributed by atoms with Gasteiger partial charge >= 0.3 is 0 Å². The van der Waals surface area contributed by atoms with Crippen LogP contribution in [0.2, 0.25) is 0 Å². The van der Waals surface area contributed by atoms with Gasteiger partial charge in [-0.15, -0.1) is 11.3 Å². The molecular weight excluding hydrogens is 546 g/mol. The van der Waals surface area contributed by atoms with Crippen LogP contribution in [0, 0.1) is 6.92 Å². The average Bonchev–Trinajstić information content (AvgIpc) is 3.20. The standard InChI is InChI=1S/C31H26BrNOS2/c1-21(19-28-22(2)35-30-12-8-7-11-27(28)30)33(25-9-5-4-6-10-25)26-16-13-23(14-17-26)29-20-24(32)15-18-31(29)36(3)34/h4-20H,1-3H3/b21-19+. The van der Waals surface area contributed by atoms with Crippen LogP contribution >= 0.6 is 27.3 Å². The van der Waals surface area contributed by atoms with Gasteiger partial charge in [-0.3, -0.25) is 0 Å². The summed E-state index contributed by atoms with van der Waals surface area (Å²) in [5.74, 6) is 0. The zero-order valence-electron chi connectivity index (χ0n) is 20.4. The molecule has 0 saturated carbocycles. The van der Waals surface area contributed by atoms with Gasteiger partial charge in [-0.1, -0.05) is 64.5 Å². The summed E-state index contributed by atoms with van der Waals surface area (Å²) in [5.41, 5.74) is 6.61. The summed E-state index contributed by atoms with van der Waals surface area (Å²) in [4.78, 5) is 4.44. The van der Waals surface area contributed by atoms with E-state index >= 15 is 0 Å². The molecule has 0 aliphatic carbocycles. The van der Waals surface area contributed by atoms with Crippen LogP contribution in [0.4, 0.5) is 11.4 Å². The summed E-state index contributed by atoms with van der Waals surface area (Å²) in [6.45, 7) is 4.36. The van der Waals surface area contributed by atoms with Crippen molar-refractivity contribution in [3.63, 3.8) is 0 Å². The summed E-state index contributed by atoms with van der Waals surface area (Å²) in [7, 11) is 0. The van der Waals surface area contributed by atoms with E-state index in [1.54, 1.807) is 6.26 Å². The summed E-state index contributed by atoms with van der Waals surface area (Å²) < 4.78 is 14.6. The van der Waals surface area contributed by atoms with Crippen LogP contribution in [-0.4, -0.2) is 10.8 Å². The molecule has 0 amide bonds. The van der Waals surface area contributed by atoms with Crippen LogP contribution in [0.5, 0.6) is 0 Å². The van der Waals surface area contributed by atoms with Gasteiger partial charge in [0.05, 0.1) is 0 Å². The molecule has 0 N–H and O–H groups in total. The topological polar surface area (TPSA) is 26.3 Å². The lowest BCUT2D eigenvalue weighted by molar-refractivity contribution is 0.601. The number of allylic oxidation sites excluding steroid dienone is 1. The highest BCUT2D eigenvalue weighted by atomic mass is 79.9. The van der Waals surface area contributed by atoms with Gasteiger partial charge in [0.25, 0.3) is 0 Å². The summed E-state index contributed by atoms with van der Waals surface area (Å²) in [5, 5.41) is 1.29. The SMILES string of the molecule is C/C(=C\c1c(C)sc2ccccc12)N(c1ccccc1)c1ccc(-c2cc(Br)ccc2[S+](C)[O-])cc1. The van der Waals surface area contributed by atoms with E-state index in [-0.39, 0.29) is 0 Å². The number of aryl methyl sites for hydroxylation is 1. The number of para-hydroxylation sites is 1. The number of nitrogens with zero attached hydrogens (tertiary/aromatic N) is 1. The minimum atomic E-state index is -1.07. The van der Waals surface area contributed by atoms with E-state index in [2.05, 4.69) is 114 Å². The smallest absolute Gasteiger partial charge is 0.160 e. The Morgan fingerprint density at radius 1 is 0.889 bits per heavy atom. The maximum atomic E-state index is 12.4. The molecule has 1 atom stereocenters. The molecule has 0 aliphatic heterocycles. The number of rotatable bonds is 6. The highest BCUT2D eigenvalue weighted by Gasteiger charge is 2.17. The zero-order valence-corrected chi connectivity index (χ0v) is 23.6. The molecule has 180 valence electrons. The molecule has 0 spiro atoms. The first-order chi connectivity index (χ1) is 17.4. The number of fused-ring (bicyclic) bond motifs is 1. The Morgan fingerprint density at radius 3 is 2.28 bits per heavy atom. The van der Waals surface area contributed by atoms with E-state index < -0.39 is 11.2 Å². The largest absolute Gasteiger partial charge is 0.612 e. The fourth-order valence-corrected chi connectivity index (χ4v) is 6.69. The van der Waals surface area contributed by atoms with E-state index in [4.69, 9.17) is 0 Å². The Kier molecular flexibility index (Phi) is 7.35. The molecule has 0 saturated heterocycles. The maximum absolute atomic E-state index is 12.4. The molecule has 5 rings (SSSR count). The lowest BCUT2D eigenvalue weighted by atomic mass is 10.0. The van der Waals surface area contributed by atoms with Crippen molar-refractivity contribution in [2.45, 2.75) is 18.7 Å². The molecule has 0 fully saturated rings. The summed E-state index contributed by atoms with van der Waals surface area (Å²) >= 11 is 4.33. The molecular formula is C31H26BrNOS2. The normalized spacial score (nSPS) is 12.6. The molecule has 0 radical (unpaired) electrons. The number of thiophene rings is 1. The van der Waals surface area contributed by atoms with Gasteiger partial charge in [0, 0.05) is 42.1 Å². The number of anilines is 2. The number of benzene rings is 4. The minimum Gasteiger partial charge on any atom is -0.612 e. The van der Waals surface area contributed by atoms with Crippen molar-refractivity contribution in [1.82, 2.24) is 0 Å². The van der Waals surface area contributed by atoms with E-state index in [0.717, 1.165) is 37.6 Å². The van der Waals surface area contributed by atoms with Gasteiger partial charge in [-0.2, -0.15) is 0 Å². The molecule has 36 heavy (non-hydrogen) atoms. The first kappa shape index (κ1) is 24.8. The first-order valence-corrected chi connectivity index (χ1v) is 14.8. The number of hydrogen-bond acceptors (Lipinski definition) is 3. The van der Waals surface area contributed by atoms with Crippen LogP contribution in [0.1, 0.15) is 17.4 Å². The second-order valence-corrected chi connectivity index (χ2v) is 12.2. The van der Waals surface area contributed by atoms with Crippen molar-refractivity contribution in [2.75, 3.05) is 11.2 Å². The second kappa shape index (κ2) is 10.7. The second-order valence-electron chi connectivity index (χ2n) is 8.67. The molecule has 1 heterocycles. The van der Waals surface area contributed by atoms with Crippen molar-refractivity contribution >= 4 is 66.0 Å². The summed E-state index contributed by atoms with van der Waals surface area (Å²) in [6, 6.07) is 33.5.